The number of nitrogens with zero attached hydrogens (tertiary/aromatic N) is 1. The lowest BCUT2D eigenvalue weighted by Gasteiger charge is -2.38. The summed E-state index contributed by atoms with van der Waals surface area (Å²) in [6.07, 6.45) is 4.17. The van der Waals surface area contributed by atoms with Gasteiger partial charge in [0.1, 0.15) is 0 Å². The Morgan fingerprint density at radius 3 is 2.48 bits per heavy atom. The second-order valence-corrected chi connectivity index (χ2v) is 8.20. The van der Waals surface area contributed by atoms with Crippen molar-refractivity contribution in [2.75, 3.05) is 33.1 Å². The van der Waals surface area contributed by atoms with Crippen molar-refractivity contribution in [1.29, 1.82) is 0 Å². The molecule has 0 saturated carbocycles. The molecular formula is C23H32IN3OS. The number of benzene rings is 2. The average Bonchev–Trinajstić information content (AvgIpc) is 2.75. The summed E-state index contributed by atoms with van der Waals surface area (Å²) in [5.41, 5.74) is 4.06. The first kappa shape index (κ1) is 24.0. The number of hydrogen-bond donors (Lipinski definition) is 2. The van der Waals surface area contributed by atoms with Gasteiger partial charge in [0.15, 0.2) is 5.96 Å². The maximum absolute atomic E-state index is 5.64. The molecule has 1 fully saturated rings. The van der Waals surface area contributed by atoms with Gasteiger partial charge in [0.25, 0.3) is 0 Å². The van der Waals surface area contributed by atoms with E-state index >= 15 is 0 Å². The monoisotopic (exact) mass is 525 g/mol. The van der Waals surface area contributed by atoms with E-state index in [-0.39, 0.29) is 29.4 Å². The van der Waals surface area contributed by atoms with Crippen molar-refractivity contribution in [3.63, 3.8) is 0 Å². The molecule has 2 aromatic carbocycles. The zero-order valence-electron chi connectivity index (χ0n) is 17.5. The Hall–Kier alpha value is -1.25. The number of hydrogen-bond acceptors (Lipinski definition) is 3. The third-order valence-corrected chi connectivity index (χ3v) is 6.36. The number of halogens is 1. The molecule has 0 spiro atoms. The summed E-state index contributed by atoms with van der Waals surface area (Å²) < 4.78 is 5.64. The number of guanidine groups is 1. The van der Waals surface area contributed by atoms with E-state index in [1.807, 2.05) is 7.05 Å². The zero-order chi connectivity index (χ0) is 19.8. The molecule has 0 aliphatic carbocycles. The van der Waals surface area contributed by atoms with Crippen LogP contribution in [-0.2, 0) is 16.7 Å². The summed E-state index contributed by atoms with van der Waals surface area (Å²) in [5.74, 6) is 0.842. The van der Waals surface area contributed by atoms with Crippen LogP contribution >= 0.6 is 35.7 Å². The Morgan fingerprint density at radius 1 is 1.10 bits per heavy atom. The fourth-order valence-electron chi connectivity index (χ4n) is 3.77. The Kier molecular flexibility index (Phi) is 9.79. The highest BCUT2D eigenvalue weighted by molar-refractivity contribution is 14.0. The van der Waals surface area contributed by atoms with E-state index in [0.717, 1.165) is 45.1 Å². The Bertz CT molecular complexity index is 792. The molecule has 3 rings (SSSR count). The summed E-state index contributed by atoms with van der Waals surface area (Å²) in [7, 11) is 1.83. The molecule has 0 aromatic heterocycles. The van der Waals surface area contributed by atoms with E-state index in [1.54, 1.807) is 11.8 Å². The lowest BCUT2D eigenvalue weighted by molar-refractivity contribution is 0.0514. The van der Waals surface area contributed by atoms with E-state index in [0.29, 0.717) is 0 Å². The van der Waals surface area contributed by atoms with Crippen molar-refractivity contribution in [2.45, 2.75) is 36.6 Å². The molecule has 0 radical (unpaired) electrons. The van der Waals surface area contributed by atoms with Gasteiger partial charge in [-0.15, -0.1) is 35.7 Å². The highest BCUT2D eigenvalue weighted by Crippen LogP contribution is 2.34. The molecule has 0 unspecified atom stereocenters. The van der Waals surface area contributed by atoms with Gasteiger partial charge in [0.05, 0.1) is 0 Å². The number of rotatable bonds is 6. The van der Waals surface area contributed by atoms with Gasteiger partial charge in [-0.1, -0.05) is 42.5 Å². The molecule has 1 aliphatic rings. The smallest absolute Gasteiger partial charge is 0.191 e. The van der Waals surface area contributed by atoms with Crippen LogP contribution in [0.15, 0.2) is 58.4 Å². The standard InChI is InChI=1S/C23H31N3OS.HI/c1-18-9-10-19(21(15-18)28-3)16-25-22(24-2)26-17-23(11-13-27-14-12-23)20-7-5-4-6-8-20;/h4-10,15H,11-14,16-17H2,1-3H3,(H2,24,25,26);1H. The van der Waals surface area contributed by atoms with Crippen molar-refractivity contribution < 1.29 is 4.74 Å². The number of aryl methyl sites for hydroxylation is 1. The van der Waals surface area contributed by atoms with E-state index in [4.69, 9.17) is 4.74 Å². The van der Waals surface area contributed by atoms with Gasteiger partial charge in [0, 0.05) is 43.7 Å². The van der Waals surface area contributed by atoms with Gasteiger partial charge < -0.3 is 15.4 Å². The van der Waals surface area contributed by atoms with Crippen molar-refractivity contribution in [3.8, 4) is 0 Å². The largest absolute Gasteiger partial charge is 0.381 e. The molecule has 0 bridgehead atoms. The van der Waals surface area contributed by atoms with Crippen LogP contribution in [0.5, 0.6) is 0 Å². The van der Waals surface area contributed by atoms with Crippen LogP contribution in [0, 0.1) is 6.92 Å². The van der Waals surface area contributed by atoms with Crippen LogP contribution in [0.3, 0.4) is 0 Å². The molecular weight excluding hydrogens is 493 g/mol. The minimum Gasteiger partial charge on any atom is -0.381 e. The summed E-state index contributed by atoms with van der Waals surface area (Å²) in [6.45, 7) is 5.36. The first-order chi connectivity index (χ1) is 13.7. The number of nitrogens with one attached hydrogen (secondary N) is 2. The second kappa shape index (κ2) is 11.8. The Labute approximate surface area is 196 Å². The molecule has 158 valence electrons. The molecule has 1 aliphatic heterocycles. The second-order valence-electron chi connectivity index (χ2n) is 7.35. The fraction of sp³-hybridized carbons (Fsp3) is 0.435. The van der Waals surface area contributed by atoms with E-state index in [1.165, 1.54) is 21.6 Å². The van der Waals surface area contributed by atoms with Gasteiger partial charge in [-0.2, -0.15) is 0 Å². The van der Waals surface area contributed by atoms with Crippen LogP contribution in [0.25, 0.3) is 0 Å². The molecule has 6 heteroatoms. The van der Waals surface area contributed by atoms with Crippen molar-refractivity contribution in [1.82, 2.24) is 10.6 Å². The fourth-order valence-corrected chi connectivity index (χ4v) is 4.48. The molecule has 2 aromatic rings. The van der Waals surface area contributed by atoms with Crippen molar-refractivity contribution in [2.24, 2.45) is 4.99 Å². The quantitative estimate of drug-likeness (QED) is 0.248. The van der Waals surface area contributed by atoms with Crippen LogP contribution < -0.4 is 10.6 Å². The maximum Gasteiger partial charge on any atom is 0.191 e. The van der Waals surface area contributed by atoms with Crippen LogP contribution in [-0.4, -0.2) is 39.0 Å². The minimum absolute atomic E-state index is 0. The maximum atomic E-state index is 5.64. The lowest BCUT2D eigenvalue weighted by Crippen LogP contribution is -2.47. The Morgan fingerprint density at radius 2 is 1.83 bits per heavy atom. The molecule has 2 N–H and O–H groups in total. The highest BCUT2D eigenvalue weighted by atomic mass is 127. The number of aliphatic imine (C=N–C) groups is 1. The summed E-state index contributed by atoms with van der Waals surface area (Å²) in [4.78, 5) is 5.75. The third kappa shape index (κ3) is 6.36. The normalized spacial score (nSPS) is 16.0. The first-order valence-electron chi connectivity index (χ1n) is 9.88. The summed E-state index contributed by atoms with van der Waals surface area (Å²) >= 11 is 1.79. The predicted molar refractivity (Wildman–Crippen MR) is 135 cm³/mol. The van der Waals surface area contributed by atoms with Gasteiger partial charge in [-0.3, -0.25) is 4.99 Å². The molecule has 0 atom stereocenters. The van der Waals surface area contributed by atoms with Gasteiger partial charge in [-0.05, 0) is 48.8 Å². The van der Waals surface area contributed by atoms with Crippen molar-refractivity contribution in [3.05, 3.63) is 65.2 Å². The van der Waals surface area contributed by atoms with E-state index < -0.39 is 0 Å². The summed E-state index contributed by atoms with van der Waals surface area (Å²) in [6, 6.07) is 17.4. The van der Waals surface area contributed by atoms with Crippen LogP contribution in [0.1, 0.15) is 29.5 Å². The van der Waals surface area contributed by atoms with E-state index in [2.05, 4.69) is 77.3 Å². The summed E-state index contributed by atoms with van der Waals surface area (Å²) in [5, 5.41) is 7.06. The van der Waals surface area contributed by atoms with Gasteiger partial charge in [-0.25, -0.2) is 0 Å². The highest BCUT2D eigenvalue weighted by Gasteiger charge is 2.34. The number of thioether (sulfide) groups is 1. The van der Waals surface area contributed by atoms with Crippen molar-refractivity contribution >= 4 is 41.7 Å². The lowest BCUT2D eigenvalue weighted by atomic mass is 9.74. The predicted octanol–water partition coefficient (Wildman–Crippen LogP) is 4.75. The van der Waals surface area contributed by atoms with Crippen LogP contribution in [0.4, 0.5) is 0 Å². The molecule has 4 nitrogen and oxygen atoms in total. The number of ether oxygens (including phenoxy) is 1. The topological polar surface area (TPSA) is 45.7 Å². The SMILES string of the molecule is CN=C(NCc1ccc(C)cc1SC)NCC1(c2ccccc2)CCOCC1.I. The van der Waals surface area contributed by atoms with Gasteiger partial charge >= 0.3 is 0 Å². The molecule has 1 heterocycles. The zero-order valence-corrected chi connectivity index (χ0v) is 20.7. The van der Waals surface area contributed by atoms with Gasteiger partial charge in [0.2, 0.25) is 0 Å². The minimum atomic E-state index is 0. The average molecular weight is 526 g/mol. The molecule has 0 amide bonds. The third-order valence-electron chi connectivity index (χ3n) is 5.54. The first-order valence-corrected chi connectivity index (χ1v) is 11.1. The Balaban J connectivity index is 0.00000300. The molecule has 1 saturated heterocycles. The van der Waals surface area contributed by atoms with Crippen LogP contribution in [0.2, 0.25) is 0 Å². The van der Waals surface area contributed by atoms with E-state index in [9.17, 15) is 0 Å². The molecule has 29 heavy (non-hydrogen) atoms.